The van der Waals surface area contributed by atoms with E-state index in [0.717, 1.165) is 55.2 Å². The number of fused-ring (bicyclic) bond motifs is 4. The van der Waals surface area contributed by atoms with E-state index >= 15 is 0 Å². The summed E-state index contributed by atoms with van der Waals surface area (Å²) in [6.07, 6.45) is 9.08. The number of furan rings is 1. The molecule has 35 heavy (non-hydrogen) atoms. The van der Waals surface area contributed by atoms with E-state index in [0.29, 0.717) is 29.4 Å². The van der Waals surface area contributed by atoms with Crippen LogP contribution >= 0.6 is 11.6 Å². The Kier molecular flexibility index (Phi) is 7.69. The van der Waals surface area contributed by atoms with Gasteiger partial charge < -0.3 is 25.1 Å². The molecule has 1 unspecified atom stereocenters. The Hall–Kier alpha value is -3.00. The van der Waals surface area contributed by atoms with E-state index < -0.39 is 5.54 Å². The van der Waals surface area contributed by atoms with Crippen LogP contribution in [-0.2, 0) is 10.3 Å². The molecule has 0 bridgehead atoms. The monoisotopic (exact) mass is 500 g/mol. The van der Waals surface area contributed by atoms with Crippen molar-refractivity contribution in [2.75, 3.05) is 18.5 Å². The number of carbonyl (C=O) groups excluding carboxylic acids is 2. The molecule has 2 aliphatic rings. The molecule has 1 aromatic carbocycles. The van der Waals surface area contributed by atoms with E-state index in [1.165, 1.54) is 0 Å². The van der Waals surface area contributed by atoms with Crippen LogP contribution < -0.4 is 16.0 Å². The Labute approximate surface area is 210 Å². The second kappa shape index (κ2) is 10.7. The predicted octanol–water partition coefficient (Wildman–Crippen LogP) is 6.11. The molecule has 0 radical (unpaired) electrons. The van der Waals surface area contributed by atoms with Crippen molar-refractivity contribution in [3.05, 3.63) is 40.4 Å². The third kappa shape index (κ3) is 5.17. The number of benzene rings is 1. The van der Waals surface area contributed by atoms with Crippen molar-refractivity contribution in [1.29, 1.82) is 0 Å². The van der Waals surface area contributed by atoms with Crippen molar-refractivity contribution >= 4 is 46.4 Å². The van der Waals surface area contributed by atoms with Crippen LogP contribution in [0.25, 0.3) is 11.0 Å². The molecule has 1 saturated carbocycles. The molecule has 1 aliphatic carbocycles. The summed E-state index contributed by atoms with van der Waals surface area (Å²) in [5, 5.41) is 9.99. The molecule has 9 heteroatoms. The molecule has 1 aliphatic heterocycles. The summed E-state index contributed by atoms with van der Waals surface area (Å²) in [6.45, 7) is 6.65. The number of hydrogen-bond donors (Lipinski definition) is 3. The van der Waals surface area contributed by atoms with Gasteiger partial charge in [0.2, 0.25) is 0 Å². The molecule has 1 atom stereocenters. The molecule has 3 amide bonds. The lowest BCUT2D eigenvalue weighted by atomic mass is 9.74. The minimum absolute atomic E-state index is 0.195. The van der Waals surface area contributed by atoms with Gasteiger partial charge in [-0.05, 0) is 38.3 Å². The third-order valence-electron chi connectivity index (χ3n) is 6.86. The first-order valence-corrected chi connectivity index (χ1v) is 12.7. The smallest absolute Gasteiger partial charge is 0.319 e. The van der Waals surface area contributed by atoms with Crippen LogP contribution in [0.2, 0.25) is 5.02 Å². The SMILES string of the molecule is CC=N/C=C(/OCCNC(=O)c1cc2cc(Cl)c3c(c2o1)C1(CCCCC1)NC(=O)N3)C(C)CC. The van der Waals surface area contributed by atoms with E-state index in [9.17, 15) is 9.59 Å². The number of aliphatic imine (C=N–C) groups is 1. The molecule has 188 valence electrons. The fraction of sp³-hybridized carbons (Fsp3) is 0.500. The molecular formula is C26H33ClN4O4. The average molecular weight is 501 g/mol. The van der Waals surface area contributed by atoms with Crippen molar-refractivity contribution < 1.29 is 18.7 Å². The maximum atomic E-state index is 12.9. The lowest BCUT2D eigenvalue weighted by Gasteiger charge is -2.42. The Bertz CT molecular complexity index is 1160. The van der Waals surface area contributed by atoms with E-state index in [4.69, 9.17) is 20.8 Å². The van der Waals surface area contributed by atoms with Gasteiger partial charge in [-0.3, -0.25) is 9.79 Å². The molecule has 2 aromatic rings. The van der Waals surface area contributed by atoms with Gasteiger partial charge in [-0.15, -0.1) is 0 Å². The maximum Gasteiger partial charge on any atom is 0.319 e. The highest BCUT2D eigenvalue weighted by atomic mass is 35.5. The minimum atomic E-state index is -0.543. The van der Waals surface area contributed by atoms with Gasteiger partial charge in [0.15, 0.2) is 5.76 Å². The maximum absolute atomic E-state index is 12.9. The topological polar surface area (TPSA) is 105 Å². The van der Waals surface area contributed by atoms with Crippen molar-refractivity contribution in [1.82, 2.24) is 10.6 Å². The van der Waals surface area contributed by atoms with Crippen molar-refractivity contribution in [3.63, 3.8) is 0 Å². The largest absolute Gasteiger partial charge is 0.494 e. The number of rotatable bonds is 8. The standard InChI is InChI=1S/C26H33ClN4O4/c1-4-16(3)20(15-28-5-2)34-12-11-29-24(32)19-14-17-13-18(27)22-21(23(17)35-19)26(31-25(33)30-22)9-7-6-8-10-26/h5,13-16H,4,6-12H2,1-3H3,(H,29,32)(H2,30,31,33)/b20-15+,28-5?. The van der Waals surface area contributed by atoms with E-state index in [-0.39, 0.29) is 23.6 Å². The van der Waals surface area contributed by atoms with Crippen LogP contribution in [0, 0.1) is 5.92 Å². The summed E-state index contributed by atoms with van der Waals surface area (Å²) in [5.41, 5.74) is 1.44. The summed E-state index contributed by atoms with van der Waals surface area (Å²) < 4.78 is 12.0. The van der Waals surface area contributed by atoms with Gasteiger partial charge >= 0.3 is 6.03 Å². The molecule has 0 saturated heterocycles. The first-order valence-electron chi connectivity index (χ1n) is 12.3. The van der Waals surface area contributed by atoms with Crippen LogP contribution in [0.15, 0.2) is 33.5 Å². The highest BCUT2D eigenvalue weighted by Gasteiger charge is 2.43. The lowest BCUT2D eigenvalue weighted by molar-refractivity contribution is 0.0909. The number of ether oxygens (including phenoxy) is 1. The molecule has 1 spiro atoms. The predicted molar refractivity (Wildman–Crippen MR) is 138 cm³/mol. The van der Waals surface area contributed by atoms with Gasteiger partial charge in [0, 0.05) is 23.1 Å². The number of hydrogen-bond acceptors (Lipinski definition) is 5. The zero-order valence-electron chi connectivity index (χ0n) is 20.5. The number of amides is 3. The fourth-order valence-corrected chi connectivity index (χ4v) is 5.13. The van der Waals surface area contributed by atoms with Gasteiger partial charge in [-0.2, -0.15) is 0 Å². The van der Waals surface area contributed by atoms with Gasteiger partial charge in [0.05, 0.1) is 29.0 Å². The molecular weight excluding hydrogens is 468 g/mol. The number of anilines is 1. The Morgan fingerprint density at radius 2 is 2.11 bits per heavy atom. The second-order valence-electron chi connectivity index (χ2n) is 9.21. The van der Waals surface area contributed by atoms with Gasteiger partial charge in [-0.1, -0.05) is 44.7 Å². The number of nitrogens with one attached hydrogen (secondary N) is 3. The minimum Gasteiger partial charge on any atom is -0.494 e. The lowest BCUT2D eigenvalue weighted by Crippen LogP contribution is -2.52. The van der Waals surface area contributed by atoms with Crippen LogP contribution in [-0.4, -0.2) is 31.3 Å². The van der Waals surface area contributed by atoms with Crippen LogP contribution in [0.5, 0.6) is 0 Å². The highest BCUT2D eigenvalue weighted by Crippen LogP contribution is 2.48. The van der Waals surface area contributed by atoms with E-state index in [2.05, 4.69) is 34.8 Å². The zero-order valence-corrected chi connectivity index (χ0v) is 21.3. The molecule has 4 rings (SSSR count). The first-order chi connectivity index (χ1) is 16.9. The van der Waals surface area contributed by atoms with Crippen LogP contribution in [0.1, 0.15) is 75.4 Å². The van der Waals surface area contributed by atoms with Gasteiger partial charge in [-0.25, -0.2) is 4.79 Å². The Morgan fingerprint density at radius 3 is 2.83 bits per heavy atom. The molecule has 1 fully saturated rings. The Balaban J connectivity index is 1.53. The van der Waals surface area contributed by atoms with Crippen molar-refractivity contribution in [2.45, 2.75) is 64.8 Å². The first kappa shape index (κ1) is 25.1. The van der Waals surface area contributed by atoms with Crippen LogP contribution in [0.4, 0.5) is 10.5 Å². The van der Waals surface area contributed by atoms with Crippen molar-refractivity contribution in [2.24, 2.45) is 10.9 Å². The average Bonchev–Trinajstić information content (AvgIpc) is 3.27. The fourth-order valence-electron chi connectivity index (χ4n) is 4.87. The second-order valence-corrected chi connectivity index (χ2v) is 9.62. The number of urea groups is 1. The van der Waals surface area contributed by atoms with E-state index in [1.807, 2.05) is 6.92 Å². The number of allylic oxidation sites excluding steroid dienone is 1. The summed E-state index contributed by atoms with van der Waals surface area (Å²) >= 11 is 6.57. The number of nitrogens with zero attached hydrogens (tertiary/aromatic N) is 1. The summed E-state index contributed by atoms with van der Waals surface area (Å²) in [4.78, 5) is 29.4. The molecule has 1 aromatic heterocycles. The normalized spacial score (nSPS) is 18.3. The molecule has 2 heterocycles. The number of halogens is 1. The Morgan fingerprint density at radius 1 is 1.34 bits per heavy atom. The number of carbonyl (C=O) groups is 2. The summed E-state index contributed by atoms with van der Waals surface area (Å²) in [5.74, 6) is 0.889. The third-order valence-corrected chi connectivity index (χ3v) is 7.16. The van der Waals surface area contributed by atoms with E-state index in [1.54, 1.807) is 24.5 Å². The molecule has 3 N–H and O–H groups in total. The zero-order chi connectivity index (χ0) is 25.0. The quantitative estimate of drug-likeness (QED) is 0.231. The van der Waals surface area contributed by atoms with Gasteiger partial charge in [0.1, 0.15) is 17.9 Å². The molecule has 8 nitrogen and oxygen atoms in total. The van der Waals surface area contributed by atoms with Crippen LogP contribution in [0.3, 0.4) is 0 Å². The summed E-state index contributed by atoms with van der Waals surface area (Å²) in [7, 11) is 0. The summed E-state index contributed by atoms with van der Waals surface area (Å²) in [6, 6.07) is 3.17. The highest BCUT2D eigenvalue weighted by molar-refractivity contribution is 6.35. The van der Waals surface area contributed by atoms with Gasteiger partial charge in [0.25, 0.3) is 5.91 Å². The van der Waals surface area contributed by atoms with Crippen molar-refractivity contribution in [3.8, 4) is 0 Å².